The average molecular weight is 555 g/mol. The van der Waals surface area contributed by atoms with Gasteiger partial charge in [-0.1, -0.05) is 71.8 Å². The first-order valence-corrected chi connectivity index (χ1v) is 14.6. The molecular formula is C38H26BNO3. The molecule has 0 radical (unpaired) electrons. The molecule has 0 aliphatic carbocycles. The molecular weight excluding hydrogens is 529 g/mol. The molecule has 7 aromatic rings. The van der Waals surface area contributed by atoms with Crippen molar-refractivity contribution in [3.63, 3.8) is 0 Å². The lowest BCUT2D eigenvalue weighted by Gasteiger charge is -2.32. The maximum absolute atomic E-state index is 6.72. The summed E-state index contributed by atoms with van der Waals surface area (Å²) in [5.74, 6) is 3.27. The fourth-order valence-electron chi connectivity index (χ4n) is 6.62. The highest BCUT2D eigenvalue weighted by molar-refractivity contribution is 6.98. The highest BCUT2D eigenvalue weighted by Gasteiger charge is 2.41. The van der Waals surface area contributed by atoms with Crippen LogP contribution in [0.1, 0.15) is 11.1 Å². The Hall–Kier alpha value is -5.42. The molecule has 2 aliphatic rings. The lowest BCUT2D eigenvalue weighted by atomic mass is 9.35. The Morgan fingerprint density at radius 2 is 1.12 bits per heavy atom. The SMILES string of the molecule is Cc1ccc(N(c2ccc(C)cc2)c2ccc3c(c2)oc2c4c5c(cc23)Oc2ccccc2B5c2ccccc2O4)cc1. The second-order valence-corrected chi connectivity index (χ2v) is 11.5. The molecule has 4 nitrogen and oxygen atoms in total. The Balaban J connectivity index is 1.26. The molecule has 6 aromatic carbocycles. The van der Waals surface area contributed by atoms with Gasteiger partial charge in [0, 0.05) is 39.4 Å². The van der Waals surface area contributed by atoms with Crippen LogP contribution in [0, 0.1) is 13.8 Å². The van der Waals surface area contributed by atoms with Gasteiger partial charge in [-0.05, 0) is 79.4 Å². The number of para-hydroxylation sites is 2. The maximum atomic E-state index is 6.72. The predicted octanol–water partition coefficient (Wildman–Crippen LogP) is 8.40. The number of aryl methyl sites for hydroxylation is 2. The fraction of sp³-hybridized carbons (Fsp3) is 0.0526. The van der Waals surface area contributed by atoms with Crippen LogP contribution in [0.15, 0.2) is 126 Å². The first kappa shape index (κ1) is 24.2. The summed E-state index contributed by atoms with van der Waals surface area (Å²) < 4.78 is 19.9. The van der Waals surface area contributed by atoms with Crippen molar-refractivity contribution in [3.8, 4) is 23.0 Å². The number of benzene rings is 6. The predicted molar refractivity (Wildman–Crippen MR) is 176 cm³/mol. The van der Waals surface area contributed by atoms with Gasteiger partial charge in [-0.25, -0.2) is 0 Å². The molecule has 0 atom stereocenters. The number of fused-ring (bicyclic) bond motifs is 8. The van der Waals surface area contributed by atoms with Crippen molar-refractivity contribution in [1.29, 1.82) is 0 Å². The molecule has 204 valence electrons. The zero-order chi connectivity index (χ0) is 28.7. The van der Waals surface area contributed by atoms with Crippen molar-refractivity contribution in [1.82, 2.24) is 0 Å². The molecule has 5 heteroatoms. The molecule has 0 saturated carbocycles. The number of rotatable bonds is 3. The van der Waals surface area contributed by atoms with Crippen molar-refractivity contribution in [2.75, 3.05) is 4.90 Å². The summed E-state index contributed by atoms with van der Waals surface area (Å²) in [7, 11) is 0. The quantitative estimate of drug-likeness (QED) is 0.205. The Kier molecular flexibility index (Phi) is 5.09. The molecule has 0 bridgehead atoms. The lowest BCUT2D eigenvalue weighted by Crippen LogP contribution is -2.57. The number of furan rings is 1. The van der Waals surface area contributed by atoms with E-state index in [2.05, 4.69) is 116 Å². The highest BCUT2D eigenvalue weighted by atomic mass is 16.5. The Morgan fingerprint density at radius 1 is 0.535 bits per heavy atom. The Morgan fingerprint density at radius 3 is 1.77 bits per heavy atom. The molecule has 0 unspecified atom stereocenters. The van der Waals surface area contributed by atoms with E-state index in [1.54, 1.807) is 0 Å². The minimum atomic E-state index is 0.00615. The largest absolute Gasteiger partial charge is 0.458 e. The van der Waals surface area contributed by atoms with Crippen LogP contribution in [0.5, 0.6) is 23.0 Å². The third-order valence-electron chi connectivity index (χ3n) is 8.73. The Labute approximate surface area is 249 Å². The number of nitrogens with zero attached hydrogens (tertiary/aromatic N) is 1. The first-order valence-electron chi connectivity index (χ1n) is 14.6. The van der Waals surface area contributed by atoms with Crippen LogP contribution in [0.3, 0.4) is 0 Å². The second kappa shape index (κ2) is 9.04. The monoisotopic (exact) mass is 555 g/mol. The summed E-state index contributed by atoms with van der Waals surface area (Å²) in [6.45, 7) is 4.23. The molecule has 0 saturated heterocycles. The highest BCUT2D eigenvalue weighted by Crippen LogP contribution is 2.45. The van der Waals surface area contributed by atoms with E-state index >= 15 is 0 Å². The summed E-state index contributed by atoms with van der Waals surface area (Å²) in [6, 6.07) is 42.4. The number of hydrogen-bond acceptors (Lipinski definition) is 4. The van der Waals surface area contributed by atoms with Gasteiger partial charge >= 0.3 is 0 Å². The van der Waals surface area contributed by atoms with Gasteiger partial charge < -0.3 is 18.8 Å². The van der Waals surface area contributed by atoms with E-state index < -0.39 is 0 Å². The molecule has 0 N–H and O–H groups in total. The van der Waals surface area contributed by atoms with Crippen molar-refractivity contribution in [2.24, 2.45) is 0 Å². The van der Waals surface area contributed by atoms with Gasteiger partial charge in [0.2, 0.25) is 0 Å². The van der Waals surface area contributed by atoms with Crippen molar-refractivity contribution in [3.05, 3.63) is 132 Å². The van der Waals surface area contributed by atoms with Crippen LogP contribution in [-0.4, -0.2) is 6.71 Å². The van der Waals surface area contributed by atoms with Crippen LogP contribution in [-0.2, 0) is 0 Å². The minimum absolute atomic E-state index is 0.00615. The molecule has 1 aromatic heterocycles. The third-order valence-corrected chi connectivity index (χ3v) is 8.73. The topological polar surface area (TPSA) is 34.8 Å². The van der Waals surface area contributed by atoms with Crippen molar-refractivity contribution < 1.29 is 13.9 Å². The summed E-state index contributed by atoms with van der Waals surface area (Å²) in [5, 5.41) is 2.00. The number of ether oxygens (including phenoxy) is 2. The molecule has 0 amide bonds. The van der Waals surface area contributed by atoms with Gasteiger partial charge in [-0.15, -0.1) is 0 Å². The molecule has 3 heterocycles. The van der Waals surface area contributed by atoms with E-state index in [0.29, 0.717) is 0 Å². The van der Waals surface area contributed by atoms with E-state index in [4.69, 9.17) is 13.9 Å². The van der Waals surface area contributed by atoms with Crippen LogP contribution >= 0.6 is 0 Å². The van der Waals surface area contributed by atoms with Gasteiger partial charge in [0.1, 0.15) is 22.8 Å². The zero-order valence-corrected chi connectivity index (χ0v) is 23.8. The summed E-state index contributed by atoms with van der Waals surface area (Å²) in [5.41, 5.74) is 10.5. The third kappa shape index (κ3) is 3.64. The average Bonchev–Trinajstić information content (AvgIpc) is 3.41. The molecule has 0 fully saturated rings. The van der Waals surface area contributed by atoms with E-state index in [0.717, 1.165) is 78.4 Å². The minimum Gasteiger partial charge on any atom is -0.458 e. The molecule has 0 spiro atoms. The van der Waals surface area contributed by atoms with Crippen LogP contribution in [0.25, 0.3) is 21.9 Å². The smallest absolute Gasteiger partial charge is 0.260 e. The lowest BCUT2D eigenvalue weighted by molar-refractivity contribution is 0.462. The zero-order valence-electron chi connectivity index (χ0n) is 23.8. The normalized spacial score (nSPS) is 12.7. The molecule has 9 rings (SSSR count). The summed E-state index contributed by atoms with van der Waals surface area (Å²) in [6.07, 6.45) is 0. The molecule has 43 heavy (non-hydrogen) atoms. The van der Waals surface area contributed by atoms with Gasteiger partial charge in [-0.3, -0.25) is 0 Å². The number of anilines is 3. The van der Waals surface area contributed by atoms with Gasteiger partial charge in [0.05, 0.1) is 0 Å². The van der Waals surface area contributed by atoms with Crippen LogP contribution < -0.4 is 30.8 Å². The van der Waals surface area contributed by atoms with Gasteiger partial charge in [0.15, 0.2) is 11.3 Å². The standard InChI is InChI=1S/C38H26BNO3/c1-23-11-15-25(16-12-23)40(26-17-13-24(2)14-18-26)27-19-20-28-29-22-35-36-38(37(29)43-34(28)21-27)42-33-10-6-4-8-31(33)39(36)30-7-3-5-9-32(30)41-35/h3-22H,1-2H3. The Bertz CT molecular complexity index is 2160. The van der Waals surface area contributed by atoms with E-state index in [1.165, 1.54) is 11.1 Å². The second-order valence-electron chi connectivity index (χ2n) is 11.5. The molecule has 2 aliphatic heterocycles. The van der Waals surface area contributed by atoms with Gasteiger partial charge in [-0.2, -0.15) is 0 Å². The van der Waals surface area contributed by atoms with Crippen molar-refractivity contribution >= 4 is 62.1 Å². The van der Waals surface area contributed by atoms with Gasteiger partial charge in [0.25, 0.3) is 6.71 Å². The summed E-state index contributed by atoms with van der Waals surface area (Å²) in [4.78, 5) is 2.27. The van der Waals surface area contributed by atoms with Crippen LogP contribution in [0.4, 0.5) is 17.1 Å². The number of hydrogen-bond donors (Lipinski definition) is 0. The van der Waals surface area contributed by atoms with E-state index in [-0.39, 0.29) is 6.71 Å². The first-order chi connectivity index (χ1) is 21.1. The van der Waals surface area contributed by atoms with E-state index in [1.807, 2.05) is 24.3 Å². The van der Waals surface area contributed by atoms with E-state index in [9.17, 15) is 0 Å². The van der Waals surface area contributed by atoms with Crippen LogP contribution in [0.2, 0.25) is 0 Å². The van der Waals surface area contributed by atoms with Crippen molar-refractivity contribution in [2.45, 2.75) is 13.8 Å². The fourth-order valence-corrected chi connectivity index (χ4v) is 6.62. The maximum Gasteiger partial charge on any atom is 0.260 e. The summed E-state index contributed by atoms with van der Waals surface area (Å²) >= 11 is 0.